The fourth-order valence-electron chi connectivity index (χ4n) is 1.60. The van der Waals surface area contributed by atoms with Crippen LogP contribution in [0.4, 0.5) is 11.5 Å². The predicted octanol–water partition coefficient (Wildman–Crippen LogP) is 3.68. The molecule has 4 nitrogen and oxygen atoms in total. The summed E-state index contributed by atoms with van der Waals surface area (Å²) in [7, 11) is 1.36. The Bertz CT molecular complexity index is 614. The molecule has 1 aromatic heterocycles. The number of hydrogen-bond donors (Lipinski definition) is 1. The highest BCUT2D eigenvalue weighted by molar-refractivity contribution is 9.10. The lowest BCUT2D eigenvalue weighted by Gasteiger charge is -2.08. The van der Waals surface area contributed by atoms with Gasteiger partial charge in [-0.05, 0) is 52.7 Å². The Labute approximate surface area is 119 Å². The Kier molecular flexibility index (Phi) is 4.16. The molecule has 0 aliphatic carbocycles. The number of esters is 1. The van der Waals surface area contributed by atoms with Crippen molar-refractivity contribution in [3.63, 3.8) is 0 Å². The molecule has 98 valence electrons. The van der Waals surface area contributed by atoms with E-state index in [0.29, 0.717) is 5.56 Å². The van der Waals surface area contributed by atoms with Crippen molar-refractivity contribution in [3.8, 4) is 0 Å². The van der Waals surface area contributed by atoms with E-state index in [0.717, 1.165) is 21.5 Å². The van der Waals surface area contributed by atoms with E-state index < -0.39 is 0 Å². The molecule has 1 aromatic carbocycles. The minimum atomic E-state index is -0.358. The van der Waals surface area contributed by atoms with Gasteiger partial charge in [0.05, 0.1) is 12.7 Å². The number of aryl methyl sites for hydroxylation is 1. The summed E-state index contributed by atoms with van der Waals surface area (Å²) in [5.41, 5.74) is 2.38. The van der Waals surface area contributed by atoms with Crippen LogP contribution in [0.25, 0.3) is 0 Å². The summed E-state index contributed by atoms with van der Waals surface area (Å²) in [6.07, 6.45) is 1.74. The minimum absolute atomic E-state index is 0.358. The third kappa shape index (κ3) is 3.32. The highest BCUT2D eigenvalue weighted by Gasteiger charge is 2.06. The lowest BCUT2D eigenvalue weighted by atomic mass is 10.2. The van der Waals surface area contributed by atoms with Crippen molar-refractivity contribution in [2.45, 2.75) is 6.92 Å². The maximum Gasteiger partial charge on any atom is 0.337 e. The smallest absolute Gasteiger partial charge is 0.337 e. The van der Waals surface area contributed by atoms with Crippen molar-refractivity contribution in [1.82, 2.24) is 4.98 Å². The average Bonchev–Trinajstić information content (AvgIpc) is 2.42. The number of pyridine rings is 1. The van der Waals surface area contributed by atoms with Crippen LogP contribution in [0.3, 0.4) is 0 Å². The summed E-state index contributed by atoms with van der Waals surface area (Å²) < 4.78 is 5.65. The zero-order valence-corrected chi connectivity index (χ0v) is 12.2. The minimum Gasteiger partial charge on any atom is -0.465 e. The second-order valence-electron chi connectivity index (χ2n) is 4.02. The van der Waals surface area contributed by atoms with Gasteiger partial charge in [-0.1, -0.05) is 6.07 Å². The van der Waals surface area contributed by atoms with Crippen molar-refractivity contribution in [2.24, 2.45) is 0 Å². The topological polar surface area (TPSA) is 51.2 Å². The molecule has 0 atom stereocenters. The van der Waals surface area contributed by atoms with E-state index >= 15 is 0 Å². The van der Waals surface area contributed by atoms with E-state index in [2.05, 4.69) is 31.0 Å². The molecule has 0 saturated carbocycles. The van der Waals surface area contributed by atoms with Gasteiger partial charge in [0.25, 0.3) is 0 Å². The highest BCUT2D eigenvalue weighted by Crippen LogP contribution is 2.21. The highest BCUT2D eigenvalue weighted by atomic mass is 79.9. The van der Waals surface area contributed by atoms with Crippen LogP contribution < -0.4 is 5.32 Å². The molecule has 0 saturated heterocycles. The number of methoxy groups -OCH3 is 1. The van der Waals surface area contributed by atoms with Gasteiger partial charge in [-0.3, -0.25) is 0 Å². The van der Waals surface area contributed by atoms with Crippen LogP contribution in [-0.4, -0.2) is 18.1 Å². The Hall–Kier alpha value is -1.88. The zero-order chi connectivity index (χ0) is 13.8. The van der Waals surface area contributed by atoms with Gasteiger partial charge in [-0.25, -0.2) is 9.78 Å². The van der Waals surface area contributed by atoms with Crippen molar-refractivity contribution >= 4 is 33.4 Å². The molecule has 1 N–H and O–H groups in total. The van der Waals surface area contributed by atoms with Gasteiger partial charge in [-0.15, -0.1) is 0 Å². The number of halogens is 1. The molecule has 0 bridgehead atoms. The fourth-order valence-corrected chi connectivity index (χ4v) is 1.81. The lowest BCUT2D eigenvalue weighted by Crippen LogP contribution is -2.02. The number of hydrogen-bond acceptors (Lipinski definition) is 4. The molecule has 2 aromatic rings. The molecule has 0 amide bonds. The van der Waals surface area contributed by atoms with Crippen LogP contribution in [0, 0.1) is 6.92 Å². The quantitative estimate of drug-likeness (QED) is 0.876. The molecular weight excluding hydrogens is 308 g/mol. The number of carbonyl (C=O) groups excluding carboxylic acids is 1. The number of ether oxygens (including phenoxy) is 1. The largest absolute Gasteiger partial charge is 0.465 e. The van der Waals surface area contributed by atoms with E-state index in [1.807, 2.05) is 19.1 Å². The van der Waals surface area contributed by atoms with Crippen molar-refractivity contribution in [2.75, 3.05) is 12.4 Å². The normalized spacial score (nSPS) is 10.1. The zero-order valence-electron chi connectivity index (χ0n) is 10.6. The third-order valence-corrected chi connectivity index (χ3v) is 3.43. The van der Waals surface area contributed by atoms with Crippen LogP contribution in [0.5, 0.6) is 0 Å². The molecule has 0 aliphatic heterocycles. The number of rotatable bonds is 3. The first-order valence-corrected chi connectivity index (χ1v) is 6.47. The van der Waals surface area contributed by atoms with Gasteiger partial charge in [-0.2, -0.15) is 0 Å². The molecule has 0 unspecified atom stereocenters. The first-order chi connectivity index (χ1) is 9.10. The molecular formula is C14H13BrN2O2. The van der Waals surface area contributed by atoms with Crippen LogP contribution >= 0.6 is 15.9 Å². The molecule has 1 heterocycles. The lowest BCUT2D eigenvalue weighted by molar-refractivity contribution is 0.0601. The van der Waals surface area contributed by atoms with E-state index in [-0.39, 0.29) is 5.97 Å². The van der Waals surface area contributed by atoms with Crippen molar-refractivity contribution < 1.29 is 9.53 Å². The summed E-state index contributed by atoms with van der Waals surface area (Å²) in [4.78, 5) is 15.7. The van der Waals surface area contributed by atoms with Gasteiger partial charge in [0.15, 0.2) is 0 Å². The second kappa shape index (κ2) is 5.84. The van der Waals surface area contributed by atoms with Gasteiger partial charge in [0, 0.05) is 16.4 Å². The molecule has 0 radical (unpaired) electrons. The average molecular weight is 321 g/mol. The third-order valence-electron chi connectivity index (χ3n) is 2.60. The second-order valence-corrected chi connectivity index (χ2v) is 4.87. The first-order valence-electron chi connectivity index (χ1n) is 5.67. The van der Waals surface area contributed by atoms with E-state index in [4.69, 9.17) is 0 Å². The van der Waals surface area contributed by atoms with Crippen LogP contribution in [0.2, 0.25) is 0 Å². The van der Waals surface area contributed by atoms with Crippen molar-refractivity contribution in [3.05, 3.63) is 52.1 Å². The number of anilines is 2. The monoisotopic (exact) mass is 320 g/mol. The predicted molar refractivity (Wildman–Crippen MR) is 77.7 cm³/mol. The van der Waals surface area contributed by atoms with E-state index in [1.165, 1.54) is 7.11 Å². The summed E-state index contributed by atoms with van der Waals surface area (Å²) in [5.74, 6) is 0.367. The Morgan fingerprint density at radius 2 is 2.16 bits per heavy atom. The van der Waals surface area contributed by atoms with Crippen LogP contribution in [-0.2, 0) is 4.74 Å². The SMILES string of the molecule is COC(=O)c1cccc(Nc2cc(C)c(Br)cn2)c1. The van der Waals surface area contributed by atoms with Gasteiger partial charge in [0.2, 0.25) is 0 Å². The number of carbonyl (C=O) groups is 1. The van der Waals surface area contributed by atoms with Gasteiger partial charge < -0.3 is 10.1 Å². The Balaban J connectivity index is 2.23. The molecule has 0 spiro atoms. The number of aromatic nitrogens is 1. The Morgan fingerprint density at radius 1 is 1.37 bits per heavy atom. The summed E-state index contributed by atoms with van der Waals surface area (Å²) in [6, 6.07) is 9.02. The summed E-state index contributed by atoms with van der Waals surface area (Å²) in [6.45, 7) is 1.99. The standard InChI is InChI=1S/C14H13BrN2O2/c1-9-6-13(16-8-12(9)15)17-11-5-3-4-10(7-11)14(18)19-2/h3-8H,1-2H3,(H,16,17). The maximum atomic E-state index is 11.4. The number of nitrogens with one attached hydrogen (secondary N) is 1. The maximum absolute atomic E-state index is 11.4. The molecule has 0 aliphatic rings. The van der Waals surface area contributed by atoms with Crippen LogP contribution in [0.1, 0.15) is 15.9 Å². The molecule has 2 rings (SSSR count). The fraction of sp³-hybridized carbons (Fsp3) is 0.143. The molecule has 0 fully saturated rings. The van der Waals surface area contributed by atoms with Crippen LogP contribution in [0.15, 0.2) is 41.0 Å². The van der Waals surface area contributed by atoms with E-state index in [9.17, 15) is 4.79 Å². The first kappa shape index (κ1) is 13.5. The number of nitrogens with zero attached hydrogens (tertiary/aromatic N) is 1. The van der Waals surface area contributed by atoms with Gasteiger partial charge >= 0.3 is 5.97 Å². The molecule has 19 heavy (non-hydrogen) atoms. The Morgan fingerprint density at radius 3 is 2.84 bits per heavy atom. The van der Waals surface area contributed by atoms with Gasteiger partial charge in [0.1, 0.15) is 5.82 Å². The number of benzene rings is 1. The summed E-state index contributed by atoms with van der Waals surface area (Å²) in [5, 5.41) is 3.15. The van der Waals surface area contributed by atoms with E-state index in [1.54, 1.807) is 24.4 Å². The van der Waals surface area contributed by atoms with Crippen molar-refractivity contribution in [1.29, 1.82) is 0 Å². The molecule has 5 heteroatoms. The summed E-state index contributed by atoms with van der Waals surface area (Å²) >= 11 is 3.40.